The van der Waals surface area contributed by atoms with Gasteiger partial charge in [-0.05, 0) is 18.6 Å². The Balaban J connectivity index is 1.72. The van der Waals surface area contributed by atoms with E-state index >= 15 is 0 Å². The Hall–Kier alpha value is -1.32. The molecular formula is C17H22ClN3O2. The number of anilines is 1. The van der Waals surface area contributed by atoms with Crippen molar-refractivity contribution in [3.63, 3.8) is 0 Å². The molecule has 6 heteroatoms. The number of nitrogens with one attached hydrogen (secondary N) is 1. The van der Waals surface area contributed by atoms with Gasteiger partial charge in [0.25, 0.3) is 0 Å². The average Bonchev–Trinajstić information content (AvgIpc) is 3.11. The molecule has 1 aromatic rings. The summed E-state index contributed by atoms with van der Waals surface area (Å²) in [5.74, 6) is 0.508. The molecule has 1 N–H and O–H groups in total. The van der Waals surface area contributed by atoms with Crippen molar-refractivity contribution in [2.24, 2.45) is 5.92 Å². The monoisotopic (exact) mass is 335 g/mol. The molecule has 5 nitrogen and oxygen atoms in total. The minimum atomic E-state index is 0.365. The largest absolute Gasteiger partial charge is 0.381 e. The molecule has 2 aliphatic heterocycles. The standard InChI is InChI=1S/C17H22ClN3O2/c18-15-3-1-2-13(10-19)17(15)20-11-16(14-4-7-23-12-14)21-5-8-22-9-6-21/h1-3,14,16,20H,4-9,11-12H2/t14-,16-/m1/s1. The number of ether oxygens (including phenoxy) is 2. The summed E-state index contributed by atoms with van der Waals surface area (Å²) in [6.45, 7) is 5.83. The Morgan fingerprint density at radius 3 is 2.83 bits per heavy atom. The van der Waals surface area contributed by atoms with Crippen LogP contribution in [0.3, 0.4) is 0 Å². The van der Waals surface area contributed by atoms with Gasteiger partial charge >= 0.3 is 0 Å². The van der Waals surface area contributed by atoms with Crippen LogP contribution in [0.4, 0.5) is 5.69 Å². The number of hydrogen-bond donors (Lipinski definition) is 1. The first-order valence-corrected chi connectivity index (χ1v) is 8.49. The van der Waals surface area contributed by atoms with E-state index in [-0.39, 0.29) is 0 Å². The fraction of sp³-hybridized carbons (Fsp3) is 0.588. The minimum Gasteiger partial charge on any atom is -0.381 e. The minimum absolute atomic E-state index is 0.365. The van der Waals surface area contributed by atoms with Crippen molar-refractivity contribution in [1.82, 2.24) is 4.90 Å². The van der Waals surface area contributed by atoms with Gasteiger partial charge in [0.05, 0.1) is 36.1 Å². The quantitative estimate of drug-likeness (QED) is 0.895. The molecular weight excluding hydrogens is 314 g/mol. The molecule has 2 fully saturated rings. The summed E-state index contributed by atoms with van der Waals surface area (Å²) >= 11 is 6.27. The Bertz CT molecular complexity index is 563. The van der Waals surface area contributed by atoms with Gasteiger partial charge in [-0.1, -0.05) is 17.7 Å². The molecule has 0 bridgehead atoms. The maximum Gasteiger partial charge on any atom is 0.101 e. The lowest BCUT2D eigenvalue weighted by Gasteiger charge is -2.37. The molecule has 2 atom stereocenters. The number of nitriles is 1. The van der Waals surface area contributed by atoms with E-state index in [2.05, 4.69) is 16.3 Å². The molecule has 3 rings (SSSR count). The normalized spacial score (nSPS) is 23.4. The van der Waals surface area contributed by atoms with E-state index in [0.29, 0.717) is 22.5 Å². The summed E-state index contributed by atoms with van der Waals surface area (Å²) in [6, 6.07) is 7.97. The molecule has 124 valence electrons. The number of hydrogen-bond acceptors (Lipinski definition) is 5. The zero-order valence-electron chi connectivity index (χ0n) is 13.1. The van der Waals surface area contributed by atoms with Crippen LogP contribution in [0.15, 0.2) is 18.2 Å². The predicted molar refractivity (Wildman–Crippen MR) is 89.8 cm³/mol. The van der Waals surface area contributed by atoms with E-state index < -0.39 is 0 Å². The van der Waals surface area contributed by atoms with Crippen molar-refractivity contribution >= 4 is 17.3 Å². The van der Waals surface area contributed by atoms with Crippen LogP contribution in [0, 0.1) is 17.2 Å². The molecule has 23 heavy (non-hydrogen) atoms. The topological polar surface area (TPSA) is 57.5 Å². The van der Waals surface area contributed by atoms with Gasteiger partial charge < -0.3 is 14.8 Å². The maximum atomic E-state index is 9.27. The number of para-hydroxylation sites is 1. The third-order valence-corrected chi connectivity index (χ3v) is 4.96. The van der Waals surface area contributed by atoms with E-state index in [0.717, 1.165) is 58.2 Å². The molecule has 0 radical (unpaired) electrons. The molecule has 0 amide bonds. The second kappa shape index (κ2) is 7.98. The van der Waals surface area contributed by atoms with Crippen molar-refractivity contribution in [3.8, 4) is 6.07 Å². The van der Waals surface area contributed by atoms with Crippen molar-refractivity contribution < 1.29 is 9.47 Å². The fourth-order valence-electron chi connectivity index (χ4n) is 3.36. The highest BCUT2D eigenvalue weighted by atomic mass is 35.5. The van der Waals surface area contributed by atoms with Crippen molar-refractivity contribution in [2.45, 2.75) is 12.5 Å². The first-order chi connectivity index (χ1) is 11.3. The summed E-state index contributed by atoms with van der Waals surface area (Å²) in [6.07, 6.45) is 1.08. The van der Waals surface area contributed by atoms with Crippen molar-refractivity contribution in [2.75, 3.05) is 51.4 Å². The summed E-state index contributed by atoms with van der Waals surface area (Å²) in [5, 5.41) is 13.3. The smallest absolute Gasteiger partial charge is 0.101 e. The van der Waals surface area contributed by atoms with Gasteiger partial charge in [0.1, 0.15) is 6.07 Å². The van der Waals surface area contributed by atoms with Gasteiger partial charge in [0.2, 0.25) is 0 Å². The Morgan fingerprint density at radius 2 is 2.13 bits per heavy atom. The first-order valence-electron chi connectivity index (χ1n) is 8.11. The van der Waals surface area contributed by atoms with Crippen LogP contribution >= 0.6 is 11.6 Å². The van der Waals surface area contributed by atoms with Crippen LogP contribution in [-0.4, -0.2) is 57.0 Å². The van der Waals surface area contributed by atoms with E-state index in [1.807, 2.05) is 6.07 Å². The molecule has 1 aromatic carbocycles. The molecule has 2 aliphatic rings. The molecule has 0 saturated carbocycles. The maximum absolute atomic E-state index is 9.27. The number of rotatable bonds is 5. The van der Waals surface area contributed by atoms with Crippen LogP contribution in [-0.2, 0) is 9.47 Å². The summed E-state index contributed by atoms with van der Waals surface area (Å²) < 4.78 is 11.1. The van der Waals surface area contributed by atoms with Crippen LogP contribution in [0.25, 0.3) is 0 Å². The third-order valence-electron chi connectivity index (χ3n) is 4.65. The number of halogens is 1. The summed E-state index contributed by atoms with van der Waals surface area (Å²) in [5.41, 5.74) is 1.31. The van der Waals surface area contributed by atoms with Crippen LogP contribution in [0.2, 0.25) is 5.02 Å². The molecule has 0 aliphatic carbocycles. The molecule has 2 saturated heterocycles. The zero-order chi connectivity index (χ0) is 16.1. The van der Waals surface area contributed by atoms with Crippen molar-refractivity contribution in [3.05, 3.63) is 28.8 Å². The second-order valence-corrected chi connectivity index (χ2v) is 6.40. The van der Waals surface area contributed by atoms with Gasteiger partial charge in [0, 0.05) is 38.2 Å². The SMILES string of the molecule is N#Cc1cccc(Cl)c1NC[C@H]([C@@H]1CCOC1)N1CCOCC1. The van der Waals surface area contributed by atoms with Crippen molar-refractivity contribution in [1.29, 1.82) is 5.26 Å². The molecule has 0 unspecified atom stereocenters. The van der Waals surface area contributed by atoms with Crippen LogP contribution in [0.1, 0.15) is 12.0 Å². The number of benzene rings is 1. The van der Waals surface area contributed by atoms with Crippen LogP contribution in [0.5, 0.6) is 0 Å². The Labute approximate surface area is 142 Å². The Kier molecular flexibility index (Phi) is 5.74. The number of nitrogens with zero attached hydrogens (tertiary/aromatic N) is 2. The van der Waals surface area contributed by atoms with E-state index in [1.54, 1.807) is 12.1 Å². The summed E-state index contributed by atoms with van der Waals surface area (Å²) in [4.78, 5) is 2.47. The first kappa shape index (κ1) is 16.5. The van der Waals surface area contributed by atoms with E-state index in [9.17, 15) is 5.26 Å². The average molecular weight is 336 g/mol. The lowest BCUT2D eigenvalue weighted by atomic mass is 9.96. The highest BCUT2D eigenvalue weighted by molar-refractivity contribution is 6.33. The fourth-order valence-corrected chi connectivity index (χ4v) is 3.60. The van der Waals surface area contributed by atoms with E-state index in [1.165, 1.54) is 0 Å². The molecule has 2 heterocycles. The molecule has 0 aromatic heterocycles. The number of morpholine rings is 1. The molecule has 0 spiro atoms. The van der Waals surface area contributed by atoms with E-state index in [4.69, 9.17) is 21.1 Å². The second-order valence-electron chi connectivity index (χ2n) is 5.99. The van der Waals surface area contributed by atoms with Crippen LogP contribution < -0.4 is 5.32 Å². The summed E-state index contributed by atoms with van der Waals surface area (Å²) in [7, 11) is 0. The zero-order valence-corrected chi connectivity index (χ0v) is 13.9. The van der Waals surface area contributed by atoms with Gasteiger partial charge in [-0.2, -0.15) is 5.26 Å². The highest BCUT2D eigenvalue weighted by Gasteiger charge is 2.31. The lowest BCUT2D eigenvalue weighted by Crippen LogP contribution is -2.50. The predicted octanol–water partition coefficient (Wildman–Crippen LogP) is 2.36. The van der Waals surface area contributed by atoms with Gasteiger partial charge in [-0.25, -0.2) is 0 Å². The Morgan fingerprint density at radius 1 is 1.30 bits per heavy atom. The highest BCUT2D eigenvalue weighted by Crippen LogP contribution is 2.27. The van der Waals surface area contributed by atoms with Gasteiger partial charge in [0.15, 0.2) is 0 Å². The third kappa shape index (κ3) is 3.96. The lowest BCUT2D eigenvalue weighted by molar-refractivity contribution is 0.00461. The van der Waals surface area contributed by atoms with Gasteiger partial charge in [-0.3, -0.25) is 4.90 Å². The van der Waals surface area contributed by atoms with Gasteiger partial charge in [-0.15, -0.1) is 0 Å².